The lowest BCUT2D eigenvalue weighted by Crippen LogP contribution is -2.26. The Morgan fingerprint density at radius 3 is 2.74 bits per heavy atom. The topological polar surface area (TPSA) is 107 Å². The van der Waals surface area contributed by atoms with Crippen molar-refractivity contribution in [1.29, 1.82) is 0 Å². The monoisotopic (exact) mass is 316 g/mol. The number of aromatic nitrogens is 2. The van der Waals surface area contributed by atoms with E-state index in [1.54, 1.807) is 19.1 Å². The first-order valence-corrected chi connectivity index (χ1v) is 7.07. The summed E-state index contributed by atoms with van der Waals surface area (Å²) in [7, 11) is 0. The molecule has 1 heterocycles. The van der Waals surface area contributed by atoms with E-state index in [2.05, 4.69) is 10.4 Å². The van der Waals surface area contributed by atoms with Gasteiger partial charge in [0.05, 0.1) is 4.92 Å². The summed E-state index contributed by atoms with van der Waals surface area (Å²) in [6, 6.07) is 7.07. The molecule has 8 heteroatoms. The SMILES string of the molecule is CCCn1nc(C(=O)Nc2c(C)cccc2[N+](=O)[O-])ccc1=O. The number of nitro benzene ring substituents is 1. The van der Waals surface area contributed by atoms with Crippen LogP contribution in [-0.2, 0) is 6.54 Å². The lowest BCUT2D eigenvalue weighted by molar-refractivity contribution is -0.383. The Morgan fingerprint density at radius 1 is 1.35 bits per heavy atom. The van der Waals surface area contributed by atoms with E-state index in [4.69, 9.17) is 0 Å². The van der Waals surface area contributed by atoms with Crippen LogP contribution in [0.15, 0.2) is 35.1 Å². The maximum Gasteiger partial charge on any atom is 0.293 e. The van der Waals surface area contributed by atoms with E-state index in [0.29, 0.717) is 18.5 Å². The van der Waals surface area contributed by atoms with Gasteiger partial charge in [0.15, 0.2) is 0 Å². The number of hydrogen-bond acceptors (Lipinski definition) is 5. The molecule has 0 atom stereocenters. The van der Waals surface area contributed by atoms with Crippen molar-refractivity contribution in [3.8, 4) is 0 Å². The Hall–Kier alpha value is -3.03. The molecule has 0 bridgehead atoms. The predicted octanol–water partition coefficient (Wildman–Crippen LogP) is 2.12. The summed E-state index contributed by atoms with van der Waals surface area (Å²) >= 11 is 0. The van der Waals surface area contributed by atoms with Crippen molar-refractivity contribution in [2.75, 3.05) is 5.32 Å². The minimum absolute atomic E-state index is 0.0237. The van der Waals surface area contributed by atoms with Crippen LogP contribution in [0.2, 0.25) is 0 Å². The summed E-state index contributed by atoms with van der Waals surface area (Å²) in [6.07, 6.45) is 0.696. The van der Waals surface area contributed by atoms with E-state index in [0.717, 1.165) is 0 Å². The molecule has 0 radical (unpaired) electrons. The van der Waals surface area contributed by atoms with Crippen LogP contribution in [0.5, 0.6) is 0 Å². The zero-order chi connectivity index (χ0) is 17.0. The molecule has 0 aliphatic rings. The lowest BCUT2D eigenvalue weighted by Gasteiger charge is -2.09. The van der Waals surface area contributed by atoms with Crippen molar-refractivity contribution in [2.24, 2.45) is 0 Å². The third kappa shape index (κ3) is 3.60. The molecule has 0 fully saturated rings. The second-order valence-corrected chi connectivity index (χ2v) is 4.96. The lowest BCUT2D eigenvalue weighted by atomic mass is 10.1. The Balaban J connectivity index is 2.35. The van der Waals surface area contributed by atoms with E-state index in [1.165, 1.54) is 22.9 Å². The van der Waals surface area contributed by atoms with Gasteiger partial charge in [0.2, 0.25) is 0 Å². The third-order valence-corrected chi connectivity index (χ3v) is 3.22. The second-order valence-electron chi connectivity index (χ2n) is 4.96. The first-order valence-electron chi connectivity index (χ1n) is 7.07. The fourth-order valence-electron chi connectivity index (χ4n) is 2.09. The smallest absolute Gasteiger partial charge is 0.293 e. The molecule has 0 saturated carbocycles. The first-order chi connectivity index (χ1) is 10.9. The number of benzene rings is 1. The molecule has 0 unspecified atom stereocenters. The number of nitro groups is 1. The normalized spacial score (nSPS) is 10.3. The largest absolute Gasteiger partial charge is 0.315 e. The predicted molar refractivity (Wildman–Crippen MR) is 84.6 cm³/mol. The molecule has 8 nitrogen and oxygen atoms in total. The van der Waals surface area contributed by atoms with Gasteiger partial charge >= 0.3 is 0 Å². The molecule has 1 amide bonds. The molecule has 23 heavy (non-hydrogen) atoms. The number of aryl methyl sites for hydroxylation is 2. The maximum atomic E-state index is 12.3. The summed E-state index contributed by atoms with van der Waals surface area (Å²) in [5.41, 5.74) is 0.216. The number of para-hydroxylation sites is 1. The molecule has 1 N–H and O–H groups in total. The van der Waals surface area contributed by atoms with Gasteiger partial charge in [-0.2, -0.15) is 5.10 Å². The standard InChI is InChI=1S/C15H16N4O4/c1-3-9-18-13(20)8-7-11(17-18)15(21)16-14-10(2)5-4-6-12(14)19(22)23/h4-8H,3,9H2,1-2H3,(H,16,21). The molecule has 1 aromatic heterocycles. The highest BCUT2D eigenvalue weighted by molar-refractivity contribution is 6.04. The number of nitrogens with zero attached hydrogens (tertiary/aromatic N) is 3. The summed E-state index contributed by atoms with van der Waals surface area (Å²) < 4.78 is 1.20. The highest BCUT2D eigenvalue weighted by Crippen LogP contribution is 2.27. The summed E-state index contributed by atoms with van der Waals surface area (Å²) in [4.78, 5) is 34.4. The quantitative estimate of drug-likeness (QED) is 0.671. The van der Waals surface area contributed by atoms with Crippen LogP contribution in [0.3, 0.4) is 0 Å². The van der Waals surface area contributed by atoms with E-state index < -0.39 is 10.8 Å². The second kappa shape index (κ2) is 6.82. The van der Waals surface area contributed by atoms with Gasteiger partial charge in [-0.3, -0.25) is 19.7 Å². The molecule has 0 saturated heterocycles. The third-order valence-electron chi connectivity index (χ3n) is 3.22. The Labute approximate surface area is 131 Å². The van der Waals surface area contributed by atoms with Gasteiger partial charge in [-0.25, -0.2) is 4.68 Å². The van der Waals surface area contributed by atoms with Crippen molar-refractivity contribution < 1.29 is 9.72 Å². The zero-order valence-corrected chi connectivity index (χ0v) is 12.8. The number of carbonyl (C=O) groups is 1. The van der Waals surface area contributed by atoms with Gasteiger partial charge in [0.25, 0.3) is 17.2 Å². The van der Waals surface area contributed by atoms with Crippen LogP contribution >= 0.6 is 0 Å². The minimum Gasteiger partial charge on any atom is -0.315 e. The zero-order valence-electron chi connectivity index (χ0n) is 12.8. The van der Waals surface area contributed by atoms with Crippen molar-refractivity contribution >= 4 is 17.3 Å². The van der Waals surface area contributed by atoms with Crippen LogP contribution in [0, 0.1) is 17.0 Å². The van der Waals surface area contributed by atoms with Gasteiger partial charge in [-0.1, -0.05) is 19.1 Å². The first kappa shape index (κ1) is 16.3. The molecule has 2 rings (SSSR count). The Kier molecular flexibility index (Phi) is 4.85. The Bertz CT molecular complexity index is 813. The Morgan fingerprint density at radius 2 is 2.09 bits per heavy atom. The molecule has 120 valence electrons. The summed E-state index contributed by atoms with van der Waals surface area (Å²) in [5, 5.41) is 17.6. The maximum absolute atomic E-state index is 12.3. The van der Waals surface area contributed by atoms with E-state index in [-0.39, 0.29) is 22.6 Å². The molecular weight excluding hydrogens is 300 g/mol. The minimum atomic E-state index is -0.604. The molecule has 0 aliphatic carbocycles. The van der Waals surface area contributed by atoms with Gasteiger partial charge in [-0.15, -0.1) is 0 Å². The summed E-state index contributed by atoms with van der Waals surface area (Å²) in [5.74, 6) is -0.604. The number of anilines is 1. The molecule has 1 aromatic carbocycles. The van der Waals surface area contributed by atoms with Crippen molar-refractivity contribution in [3.63, 3.8) is 0 Å². The van der Waals surface area contributed by atoms with Crippen LogP contribution < -0.4 is 10.9 Å². The molecular formula is C15H16N4O4. The highest BCUT2D eigenvalue weighted by atomic mass is 16.6. The van der Waals surface area contributed by atoms with Crippen LogP contribution in [0.4, 0.5) is 11.4 Å². The van der Waals surface area contributed by atoms with Gasteiger partial charge in [-0.05, 0) is 25.0 Å². The summed E-state index contributed by atoms with van der Waals surface area (Å²) in [6.45, 7) is 3.94. The van der Waals surface area contributed by atoms with E-state index in [1.807, 2.05) is 6.92 Å². The van der Waals surface area contributed by atoms with Crippen molar-refractivity contribution in [1.82, 2.24) is 9.78 Å². The molecule has 2 aromatic rings. The van der Waals surface area contributed by atoms with Crippen LogP contribution in [-0.4, -0.2) is 20.6 Å². The molecule has 0 spiro atoms. The molecule has 0 aliphatic heterocycles. The van der Waals surface area contributed by atoms with Crippen LogP contribution in [0.25, 0.3) is 0 Å². The average Bonchev–Trinajstić information content (AvgIpc) is 2.51. The number of rotatable bonds is 5. The average molecular weight is 316 g/mol. The van der Waals surface area contributed by atoms with E-state index in [9.17, 15) is 19.7 Å². The van der Waals surface area contributed by atoms with Crippen molar-refractivity contribution in [3.05, 3.63) is 62.1 Å². The number of carbonyl (C=O) groups excluding carboxylic acids is 1. The fraction of sp³-hybridized carbons (Fsp3) is 0.267. The van der Waals surface area contributed by atoms with Gasteiger partial charge in [0.1, 0.15) is 11.4 Å². The van der Waals surface area contributed by atoms with Gasteiger partial charge < -0.3 is 5.32 Å². The number of hydrogen-bond donors (Lipinski definition) is 1. The fourth-order valence-corrected chi connectivity index (χ4v) is 2.09. The highest BCUT2D eigenvalue weighted by Gasteiger charge is 2.19. The van der Waals surface area contributed by atoms with Crippen molar-refractivity contribution in [2.45, 2.75) is 26.8 Å². The number of nitrogens with one attached hydrogen (secondary N) is 1. The van der Waals surface area contributed by atoms with Gasteiger partial charge in [0, 0.05) is 18.7 Å². The number of amides is 1. The van der Waals surface area contributed by atoms with E-state index >= 15 is 0 Å². The van der Waals surface area contributed by atoms with Crippen LogP contribution in [0.1, 0.15) is 29.4 Å².